The van der Waals surface area contributed by atoms with Crippen molar-refractivity contribution < 1.29 is 14.3 Å². The highest BCUT2D eigenvalue weighted by Gasteiger charge is 2.37. The van der Waals surface area contributed by atoms with E-state index in [9.17, 15) is 9.59 Å². The molecule has 1 aliphatic heterocycles. The van der Waals surface area contributed by atoms with Gasteiger partial charge in [0.05, 0.1) is 0 Å². The van der Waals surface area contributed by atoms with Crippen LogP contribution in [0.3, 0.4) is 0 Å². The smallest absolute Gasteiger partial charge is 0.329 e. The molecule has 0 radical (unpaired) electrons. The summed E-state index contributed by atoms with van der Waals surface area (Å²) in [5, 5.41) is 0. The Balaban J connectivity index is 1.64. The Labute approximate surface area is 137 Å². The number of esters is 1. The second kappa shape index (κ2) is 7.11. The predicted molar refractivity (Wildman–Crippen MR) is 85.8 cm³/mol. The first-order valence-electron chi connectivity index (χ1n) is 8.57. The lowest BCUT2D eigenvalue weighted by Crippen LogP contribution is -2.43. The van der Waals surface area contributed by atoms with Crippen LogP contribution in [-0.4, -0.2) is 40.5 Å². The van der Waals surface area contributed by atoms with Crippen LogP contribution in [0.2, 0.25) is 0 Å². The van der Waals surface area contributed by atoms with E-state index in [2.05, 4.69) is 11.9 Å². The number of aromatic nitrogens is 1. The molecular formula is C18H24N2O3. The van der Waals surface area contributed by atoms with Crippen LogP contribution in [0.5, 0.6) is 0 Å². The van der Waals surface area contributed by atoms with Gasteiger partial charge in [-0.2, -0.15) is 0 Å². The van der Waals surface area contributed by atoms with Gasteiger partial charge in [0, 0.05) is 12.7 Å². The summed E-state index contributed by atoms with van der Waals surface area (Å²) >= 11 is 0. The first-order chi connectivity index (χ1) is 11.1. The van der Waals surface area contributed by atoms with Crippen LogP contribution >= 0.6 is 0 Å². The molecule has 23 heavy (non-hydrogen) atoms. The molecular weight excluding hydrogens is 292 g/mol. The van der Waals surface area contributed by atoms with Gasteiger partial charge in [-0.3, -0.25) is 9.78 Å². The fourth-order valence-electron chi connectivity index (χ4n) is 3.62. The van der Waals surface area contributed by atoms with Crippen molar-refractivity contribution in [3.05, 3.63) is 30.1 Å². The number of pyridine rings is 1. The minimum absolute atomic E-state index is 0.0126. The van der Waals surface area contributed by atoms with Gasteiger partial charge in [0.15, 0.2) is 0 Å². The summed E-state index contributed by atoms with van der Waals surface area (Å²) in [6.45, 7) is 2.79. The van der Waals surface area contributed by atoms with E-state index in [0.717, 1.165) is 25.7 Å². The van der Waals surface area contributed by atoms with Crippen LogP contribution in [0.25, 0.3) is 0 Å². The number of carbonyl (C=O) groups excluding carboxylic acids is 2. The highest BCUT2D eigenvalue weighted by atomic mass is 16.5. The fourth-order valence-corrected chi connectivity index (χ4v) is 3.62. The van der Waals surface area contributed by atoms with Crippen LogP contribution in [0.1, 0.15) is 55.9 Å². The van der Waals surface area contributed by atoms with Crippen molar-refractivity contribution in [2.24, 2.45) is 5.92 Å². The monoisotopic (exact) mass is 316 g/mol. The number of hydrogen-bond acceptors (Lipinski definition) is 4. The first-order valence-corrected chi connectivity index (χ1v) is 8.57. The SMILES string of the molecule is C[C@@H]1CCC[C@@H](OC(=O)[C@@H]2CCCN2C(=O)c2ccccn2)C1. The summed E-state index contributed by atoms with van der Waals surface area (Å²) in [6, 6.07) is 4.79. The average Bonchev–Trinajstić information content (AvgIpc) is 3.05. The minimum atomic E-state index is -0.457. The molecule has 5 heteroatoms. The molecule has 1 aromatic heterocycles. The number of amides is 1. The van der Waals surface area contributed by atoms with Gasteiger partial charge in [0.1, 0.15) is 17.8 Å². The molecule has 1 aromatic rings. The summed E-state index contributed by atoms with van der Waals surface area (Å²) in [5.41, 5.74) is 0.387. The molecule has 2 heterocycles. The Morgan fingerprint density at radius 1 is 1.22 bits per heavy atom. The Morgan fingerprint density at radius 2 is 2.09 bits per heavy atom. The molecule has 0 unspecified atom stereocenters. The fraction of sp³-hybridized carbons (Fsp3) is 0.611. The topological polar surface area (TPSA) is 59.5 Å². The van der Waals surface area contributed by atoms with Crippen molar-refractivity contribution in [1.82, 2.24) is 9.88 Å². The number of nitrogens with zero attached hydrogens (tertiary/aromatic N) is 2. The van der Waals surface area contributed by atoms with Gasteiger partial charge in [-0.1, -0.05) is 19.4 Å². The zero-order chi connectivity index (χ0) is 16.2. The first kappa shape index (κ1) is 16.0. The molecule has 0 spiro atoms. The second-order valence-electron chi connectivity index (χ2n) is 6.70. The summed E-state index contributed by atoms with van der Waals surface area (Å²) in [6.07, 6.45) is 7.32. The van der Waals surface area contributed by atoms with Crippen LogP contribution < -0.4 is 0 Å². The van der Waals surface area contributed by atoms with Gasteiger partial charge >= 0.3 is 5.97 Å². The molecule has 0 aromatic carbocycles. The molecule has 124 valence electrons. The summed E-state index contributed by atoms with van der Waals surface area (Å²) in [5.74, 6) is 0.185. The second-order valence-corrected chi connectivity index (χ2v) is 6.70. The van der Waals surface area contributed by atoms with Crippen LogP contribution in [0.15, 0.2) is 24.4 Å². The Hall–Kier alpha value is -1.91. The average molecular weight is 316 g/mol. The number of likely N-dealkylation sites (tertiary alicyclic amines) is 1. The third kappa shape index (κ3) is 3.71. The maximum Gasteiger partial charge on any atom is 0.329 e. The van der Waals surface area contributed by atoms with Crippen molar-refractivity contribution in [2.45, 2.75) is 57.6 Å². The highest BCUT2D eigenvalue weighted by molar-refractivity contribution is 5.95. The van der Waals surface area contributed by atoms with Gasteiger partial charge < -0.3 is 9.64 Å². The summed E-state index contributed by atoms with van der Waals surface area (Å²) in [4.78, 5) is 30.8. The number of carbonyl (C=O) groups is 2. The van der Waals surface area contributed by atoms with E-state index in [1.165, 1.54) is 6.42 Å². The lowest BCUT2D eigenvalue weighted by atomic mass is 9.89. The number of hydrogen-bond donors (Lipinski definition) is 0. The number of rotatable bonds is 3. The van der Waals surface area contributed by atoms with Gasteiger partial charge in [-0.25, -0.2) is 4.79 Å². The van der Waals surface area contributed by atoms with E-state index in [-0.39, 0.29) is 18.0 Å². The zero-order valence-electron chi connectivity index (χ0n) is 13.6. The minimum Gasteiger partial charge on any atom is -0.461 e. The van der Waals surface area contributed by atoms with E-state index in [4.69, 9.17) is 4.74 Å². The van der Waals surface area contributed by atoms with Crippen molar-refractivity contribution in [1.29, 1.82) is 0 Å². The van der Waals surface area contributed by atoms with Crippen LogP contribution in [0, 0.1) is 5.92 Å². The number of ether oxygens (including phenoxy) is 1. The van der Waals surface area contributed by atoms with Gasteiger partial charge in [-0.05, 0) is 50.2 Å². The lowest BCUT2D eigenvalue weighted by molar-refractivity contribution is -0.155. The Morgan fingerprint density at radius 3 is 2.83 bits per heavy atom. The summed E-state index contributed by atoms with van der Waals surface area (Å²) in [7, 11) is 0. The molecule has 3 rings (SSSR count). The third-order valence-corrected chi connectivity index (χ3v) is 4.84. The summed E-state index contributed by atoms with van der Waals surface area (Å²) < 4.78 is 5.71. The van der Waals surface area contributed by atoms with Crippen LogP contribution in [0.4, 0.5) is 0 Å². The van der Waals surface area contributed by atoms with Gasteiger partial charge in [-0.15, -0.1) is 0 Å². The lowest BCUT2D eigenvalue weighted by Gasteiger charge is -2.29. The van der Waals surface area contributed by atoms with E-state index in [0.29, 0.717) is 24.6 Å². The molecule has 2 aliphatic rings. The predicted octanol–water partition coefficient (Wildman–Crippen LogP) is 2.81. The Bertz CT molecular complexity index is 561. The highest BCUT2D eigenvalue weighted by Crippen LogP contribution is 2.28. The zero-order valence-corrected chi connectivity index (χ0v) is 13.6. The maximum absolute atomic E-state index is 12.6. The van der Waals surface area contributed by atoms with E-state index in [1.54, 1.807) is 29.3 Å². The van der Waals surface area contributed by atoms with Crippen molar-refractivity contribution in [2.75, 3.05) is 6.54 Å². The van der Waals surface area contributed by atoms with Gasteiger partial charge in [0.25, 0.3) is 5.91 Å². The molecule has 1 saturated heterocycles. The molecule has 0 N–H and O–H groups in total. The normalized spacial score (nSPS) is 27.7. The van der Waals surface area contributed by atoms with Crippen molar-refractivity contribution in [3.63, 3.8) is 0 Å². The third-order valence-electron chi connectivity index (χ3n) is 4.84. The molecule has 1 amide bonds. The van der Waals surface area contributed by atoms with Crippen LogP contribution in [-0.2, 0) is 9.53 Å². The molecule has 0 bridgehead atoms. The van der Waals surface area contributed by atoms with Crippen molar-refractivity contribution >= 4 is 11.9 Å². The van der Waals surface area contributed by atoms with E-state index < -0.39 is 6.04 Å². The van der Waals surface area contributed by atoms with Gasteiger partial charge in [0.2, 0.25) is 0 Å². The Kier molecular flexibility index (Phi) is 4.94. The quantitative estimate of drug-likeness (QED) is 0.805. The van der Waals surface area contributed by atoms with E-state index in [1.807, 2.05) is 0 Å². The van der Waals surface area contributed by atoms with Crippen molar-refractivity contribution in [3.8, 4) is 0 Å². The largest absolute Gasteiger partial charge is 0.461 e. The maximum atomic E-state index is 12.6. The van der Waals surface area contributed by atoms with E-state index >= 15 is 0 Å². The molecule has 1 saturated carbocycles. The molecule has 5 nitrogen and oxygen atoms in total. The molecule has 3 atom stereocenters. The molecule has 1 aliphatic carbocycles. The standard InChI is InChI=1S/C18H24N2O3/c1-13-6-4-7-14(12-13)23-18(22)16-9-5-11-20(16)17(21)15-8-2-3-10-19-15/h2-3,8,10,13-14,16H,4-7,9,11-12H2,1H3/t13-,14-,16+/m1/s1. The molecule has 2 fully saturated rings.